The van der Waals surface area contributed by atoms with Crippen molar-refractivity contribution in [2.45, 2.75) is 26.9 Å². The van der Waals surface area contributed by atoms with Crippen LogP contribution in [0.3, 0.4) is 0 Å². The Morgan fingerprint density at radius 2 is 1.97 bits per heavy atom. The van der Waals surface area contributed by atoms with Crippen LogP contribution in [0, 0.1) is 23.7 Å². The van der Waals surface area contributed by atoms with Crippen molar-refractivity contribution in [3.8, 4) is 11.9 Å². The van der Waals surface area contributed by atoms with Gasteiger partial charge in [0.2, 0.25) is 0 Å². The summed E-state index contributed by atoms with van der Waals surface area (Å²) in [5.41, 5.74) is 3.79. The molecule has 33 heavy (non-hydrogen) atoms. The first-order valence-corrected chi connectivity index (χ1v) is 10.8. The molecule has 5 rings (SSSR count). The molecule has 0 aliphatic carbocycles. The lowest BCUT2D eigenvalue weighted by Gasteiger charge is -2.45. The van der Waals surface area contributed by atoms with Gasteiger partial charge in [-0.2, -0.15) is 10.4 Å². The van der Waals surface area contributed by atoms with E-state index in [2.05, 4.69) is 26.6 Å². The summed E-state index contributed by atoms with van der Waals surface area (Å²) in [4.78, 5) is 11.4. The largest absolute Gasteiger partial charge is 0.389 e. The van der Waals surface area contributed by atoms with Gasteiger partial charge in [0.1, 0.15) is 18.0 Å². The van der Waals surface area contributed by atoms with Crippen molar-refractivity contribution in [3.63, 3.8) is 0 Å². The number of aryl methyl sites for hydroxylation is 1. The molecule has 1 aliphatic rings. The maximum absolute atomic E-state index is 10.3. The van der Waals surface area contributed by atoms with Gasteiger partial charge in [0.15, 0.2) is 5.82 Å². The van der Waals surface area contributed by atoms with Crippen LogP contribution in [0.4, 0.5) is 17.3 Å². The highest BCUT2D eigenvalue weighted by atomic mass is 16.3. The van der Waals surface area contributed by atoms with Crippen LogP contribution in [-0.4, -0.2) is 42.9 Å². The van der Waals surface area contributed by atoms with E-state index in [4.69, 9.17) is 4.98 Å². The van der Waals surface area contributed by atoms with Gasteiger partial charge in [-0.3, -0.25) is 4.57 Å². The molecule has 0 bridgehead atoms. The Hall–Kier alpha value is -4.03. The minimum absolute atomic E-state index is 0.388. The van der Waals surface area contributed by atoms with Crippen LogP contribution in [0.25, 0.3) is 16.9 Å². The third-order valence-electron chi connectivity index (χ3n) is 5.85. The van der Waals surface area contributed by atoms with Gasteiger partial charge in [-0.05, 0) is 63.2 Å². The molecule has 2 N–H and O–H groups in total. The van der Waals surface area contributed by atoms with Gasteiger partial charge in [-0.25, -0.2) is 9.97 Å². The summed E-state index contributed by atoms with van der Waals surface area (Å²) >= 11 is 0. The first-order valence-electron chi connectivity index (χ1n) is 10.8. The molecule has 0 amide bonds. The van der Waals surface area contributed by atoms with E-state index in [1.54, 1.807) is 13.3 Å². The lowest BCUT2D eigenvalue weighted by atomic mass is 9.83. The number of hydrogen-bond acceptors (Lipinski definition) is 8. The Balaban J connectivity index is 1.47. The Morgan fingerprint density at radius 3 is 2.67 bits per heavy atom. The normalized spacial score (nSPS) is 15.7. The highest BCUT2D eigenvalue weighted by molar-refractivity contribution is 5.82. The van der Waals surface area contributed by atoms with Gasteiger partial charge >= 0.3 is 0 Å². The molecule has 0 spiro atoms. The van der Waals surface area contributed by atoms with Crippen molar-refractivity contribution in [2.75, 3.05) is 23.3 Å². The van der Waals surface area contributed by atoms with E-state index in [1.807, 2.05) is 65.8 Å². The number of aliphatic hydroxyl groups is 1. The second kappa shape index (κ2) is 7.83. The zero-order valence-corrected chi connectivity index (χ0v) is 18.7. The van der Waals surface area contributed by atoms with E-state index in [9.17, 15) is 10.4 Å². The van der Waals surface area contributed by atoms with Crippen molar-refractivity contribution in [1.29, 1.82) is 5.26 Å². The molecule has 1 atom stereocenters. The molecular formula is C24H24N8O. The second-order valence-corrected chi connectivity index (χ2v) is 8.79. The van der Waals surface area contributed by atoms with E-state index in [-0.39, 0.29) is 5.41 Å². The second-order valence-electron chi connectivity index (χ2n) is 8.79. The fourth-order valence-electron chi connectivity index (χ4n) is 4.07. The number of imidazole rings is 1. The van der Waals surface area contributed by atoms with Crippen molar-refractivity contribution < 1.29 is 5.11 Å². The van der Waals surface area contributed by atoms with Crippen LogP contribution < -0.4 is 10.2 Å². The number of nitrogens with one attached hydrogen (secondary N) is 1. The molecule has 3 aromatic heterocycles. The van der Waals surface area contributed by atoms with E-state index >= 15 is 0 Å². The number of aliphatic hydroxyl groups excluding tert-OH is 1. The average molecular weight is 441 g/mol. The predicted molar refractivity (Wildman–Crippen MR) is 125 cm³/mol. The number of aromatic nitrogens is 5. The molecule has 1 fully saturated rings. The molecule has 1 saturated heterocycles. The first kappa shape index (κ1) is 20.8. The van der Waals surface area contributed by atoms with Gasteiger partial charge in [-0.15, -0.1) is 5.10 Å². The molecule has 1 aromatic carbocycles. The number of nitrogens with zero attached hydrogens (tertiary/aromatic N) is 7. The Kier molecular flexibility index (Phi) is 4.95. The third kappa shape index (κ3) is 3.85. The number of hydrogen-bond donors (Lipinski definition) is 2. The number of benzene rings is 1. The summed E-state index contributed by atoms with van der Waals surface area (Å²) in [5.74, 6) is 2.07. The maximum atomic E-state index is 10.3. The van der Waals surface area contributed by atoms with Crippen LogP contribution in [0.15, 0.2) is 48.8 Å². The number of rotatable bonds is 5. The zero-order chi connectivity index (χ0) is 23.2. The summed E-state index contributed by atoms with van der Waals surface area (Å²) in [7, 11) is 0. The molecule has 1 aliphatic heterocycles. The van der Waals surface area contributed by atoms with E-state index in [0.717, 1.165) is 28.0 Å². The van der Waals surface area contributed by atoms with Gasteiger partial charge in [0.05, 0.1) is 34.3 Å². The number of fused-ring (bicyclic) bond motifs is 1. The Morgan fingerprint density at radius 1 is 1.15 bits per heavy atom. The molecule has 0 radical (unpaired) electrons. The fraction of sp³-hybridized carbons (Fsp3) is 0.292. The molecule has 166 valence electrons. The van der Waals surface area contributed by atoms with Crippen LogP contribution in [0.2, 0.25) is 0 Å². The zero-order valence-electron chi connectivity index (χ0n) is 18.7. The minimum Gasteiger partial charge on any atom is -0.389 e. The van der Waals surface area contributed by atoms with E-state index < -0.39 is 6.10 Å². The summed E-state index contributed by atoms with van der Waals surface area (Å²) in [6, 6.07) is 15.8. The van der Waals surface area contributed by atoms with Crippen LogP contribution in [0.1, 0.15) is 31.2 Å². The maximum Gasteiger partial charge on any atom is 0.153 e. The van der Waals surface area contributed by atoms with Crippen LogP contribution in [0.5, 0.6) is 0 Å². The average Bonchev–Trinajstić information content (AvgIpc) is 3.21. The molecule has 9 nitrogen and oxygen atoms in total. The smallest absolute Gasteiger partial charge is 0.153 e. The summed E-state index contributed by atoms with van der Waals surface area (Å²) < 4.78 is 1.92. The summed E-state index contributed by atoms with van der Waals surface area (Å²) in [6.07, 6.45) is 1.08. The van der Waals surface area contributed by atoms with E-state index in [0.29, 0.717) is 30.5 Å². The Labute approximate surface area is 191 Å². The quantitative estimate of drug-likeness (QED) is 0.483. The van der Waals surface area contributed by atoms with Gasteiger partial charge in [-0.1, -0.05) is 0 Å². The van der Waals surface area contributed by atoms with Crippen molar-refractivity contribution in [1.82, 2.24) is 24.7 Å². The number of anilines is 3. The fourth-order valence-corrected chi connectivity index (χ4v) is 4.07. The highest BCUT2D eigenvalue weighted by Gasteiger charge is 2.40. The van der Waals surface area contributed by atoms with Crippen LogP contribution in [-0.2, 0) is 0 Å². The summed E-state index contributed by atoms with van der Waals surface area (Å²) in [5, 5.41) is 31.1. The lowest BCUT2D eigenvalue weighted by molar-refractivity contribution is 0.198. The highest BCUT2D eigenvalue weighted by Crippen LogP contribution is 2.36. The molecule has 4 heterocycles. The molecule has 9 heteroatoms. The van der Waals surface area contributed by atoms with Crippen molar-refractivity contribution >= 4 is 28.4 Å². The van der Waals surface area contributed by atoms with Crippen LogP contribution >= 0.6 is 0 Å². The number of pyridine rings is 1. The summed E-state index contributed by atoms with van der Waals surface area (Å²) in [6.45, 7) is 6.73. The number of nitriles is 1. The third-order valence-corrected chi connectivity index (χ3v) is 5.85. The lowest BCUT2D eigenvalue weighted by Crippen LogP contribution is -2.54. The molecule has 0 unspecified atom stereocenters. The molecular weight excluding hydrogens is 416 g/mol. The van der Waals surface area contributed by atoms with Gasteiger partial charge in [0.25, 0.3) is 0 Å². The predicted octanol–water partition coefficient (Wildman–Crippen LogP) is 3.67. The molecule has 4 aromatic rings. The standard InChI is InChI=1S/C24H24N8O/c1-15-4-8-21(30-29-15)27-17-5-7-20-19(10-17)26-14-32(20)22-9-6-18(16(2)33)23(28-22)31-12-24(3,11-25)13-31/h4-10,14,16,33H,12-13H2,1-3H3,(H,27,30)/t16-/m0/s1. The van der Waals surface area contributed by atoms with Crippen molar-refractivity contribution in [3.05, 3.63) is 60.0 Å². The monoisotopic (exact) mass is 440 g/mol. The van der Waals surface area contributed by atoms with Gasteiger partial charge < -0.3 is 15.3 Å². The van der Waals surface area contributed by atoms with E-state index in [1.165, 1.54) is 0 Å². The Bertz CT molecular complexity index is 1360. The molecule has 0 saturated carbocycles. The SMILES string of the molecule is Cc1ccc(Nc2ccc3c(c2)ncn3-c2ccc([C@H](C)O)c(N3CC(C)(C#N)C3)n2)nn1. The van der Waals surface area contributed by atoms with Gasteiger partial charge in [0, 0.05) is 24.3 Å². The first-order chi connectivity index (χ1) is 15.8. The van der Waals surface area contributed by atoms with Crippen molar-refractivity contribution in [2.24, 2.45) is 5.41 Å². The minimum atomic E-state index is -0.659. The topological polar surface area (TPSA) is 116 Å².